The van der Waals surface area contributed by atoms with Crippen LogP contribution in [0.5, 0.6) is 0 Å². The molecule has 0 unspecified atom stereocenters. The predicted molar refractivity (Wildman–Crippen MR) is 130 cm³/mol. The van der Waals surface area contributed by atoms with Crippen molar-refractivity contribution in [2.24, 2.45) is 5.92 Å². The lowest BCUT2D eigenvalue weighted by Gasteiger charge is -2.31. The predicted octanol–water partition coefficient (Wildman–Crippen LogP) is 5.11. The highest BCUT2D eigenvalue weighted by Gasteiger charge is 2.25. The van der Waals surface area contributed by atoms with Gasteiger partial charge >= 0.3 is 0 Å². The molecular formula is C27H32N4O. The van der Waals surface area contributed by atoms with Crippen molar-refractivity contribution in [2.75, 3.05) is 18.0 Å². The van der Waals surface area contributed by atoms with Crippen LogP contribution in [-0.4, -0.2) is 29.2 Å². The number of aryl methyl sites for hydroxylation is 1. The Morgan fingerprint density at radius 3 is 2.25 bits per heavy atom. The molecule has 0 bridgehead atoms. The Kier molecular flexibility index (Phi) is 6.84. The molecule has 4 rings (SSSR count). The summed E-state index contributed by atoms with van der Waals surface area (Å²) in [6.45, 7) is 8.68. The van der Waals surface area contributed by atoms with Gasteiger partial charge in [-0.1, -0.05) is 67.9 Å². The van der Waals surface area contributed by atoms with E-state index in [2.05, 4.69) is 89.7 Å². The zero-order chi connectivity index (χ0) is 22.5. The van der Waals surface area contributed by atoms with Gasteiger partial charge in [0.2, 0.25) is 5.91 Å². The van der Waals surface area contributed by atoms with Gasteiger partial charge in [-0.3, -0.25) is 4.79 Å². The van der Waals surface area contributed by atoms with Crippen molar-refractivity contribution >= 4 is 11.7 Å². The summed E-state index contributed by atoms with van der Waals surface area (Å²) in [6, 6.07) is 20.9. The molecule has 1 aliphatic heterocycles. The number of nitrogens with one attached hydrogen (secondary N) is 1. The molecule has 1 aromatic heterocycles. The van der Waals surface area contributed by atoms with Crippen LogP contribution in [0.1, 0.15) is 49.3 Å². The van der Waals surface area contributed by atoms with Gasteiger partial charge in [0.15, 0.2) is 5.82 Å². The Morgan fingerprint density at radius 2 is 1.66 bits per heavy atom. The molecule has 0 atom stereocenters. The molecule has 166 valence electrons. The van der Waals surface area contributed by atoms with Crippen molar-refractivity contribution in [2.45, 2.75) is 46.1 Å². The molecule has 32 heavy (non-hydrogen) atoms. The molecule has 2 heterocycles. The summed E-state index contributed by atoms with van der Waals surface area (Å²) >= 11 is 0. The summed E-state index contributed by atoms with van der Waals surface area (Å²) in [5, 5.41) is 12.0. The molecule has 0 spiro atoms. The van der Waals surface area contributed by atoms with E-state index in [-0.39, 0.29) is 11.8 Å². The summed E-state index contributed by atoms with van der Waals surface area (Å²) in [5.41, 5.74) is 5.65. The first-order valence-electron chi connectivity index (χ1n) is 11.5. The number of anilines is 1. The largest absolute Gasteiger partial charge is 0.355 e. The van der Waals surface area contributed by atoms with Crippen molar-refractivity contribution in [1.29, 1.82) is 0 Å². The second-order valence-electron chi connectivity index (χ2n) is 9.02. The van der Waals surface area contributed by atoms with E-state index in [4.69, 9.17) is 0 Å². The average molecular weight is 429 g/mol. The summed E-state index contributed by atoms with van der Waals surface area (Å²) in [6.07, 6.45) is 1.67. The Morgan fingerprint density at radius 1 is 0.969 bits per heavy atom. The molecule has 1 fully saturated rings. The van der Waals surface area contributed by atoms with Gasteiger partial charge in [-0.25, -0.2) is 0 Å². The van der Waals surface area contributed by atoms with E-state index >= 15 is 0 Å². The molecule has 5 nitrogen and oxygen atoms in total. The van der Waals surface area contributed by atoms with Crippen molar-refractivity contribution in [3.05, 3.63) is 77.4 Å². The average Bonchev–Trinajstić information content (AvgIpc) is 2.83. The number of rotatable bonds is 6. The molecule has 0 aliphatic carbocycles. The van der Waals surface area contributed by atoms with Crippen molar-refractivity contribution in [3.8, 4) is 11.3 Å². The van der Waals surface area contributed by atoms with Crippen LogP contribution in [-0.2, 0) is 11.3 Å². The first-order chi connectivity index (χ1) is 15.5. The third kappa shape index (κ3) is 5.34. The van der Waals surface area contributed by atoms with Gasteiger partial charge in [0.1, 0.15) is 0 Å². The number of hydrogen-bond donors (Lipinski definition) is 1. The highest BCUT2D eigenvalue weighted by atomic mass is 16.1. The monoisotopic (exact) mass is 428 g/mol. The molecule has 2 aromatic carbocycles. The molecule has 1 saturated heterocycles. The fourth-order valence-corrected chi connectivity index (χ4v) is 4.10. The zero-order valence-corrected chi connectivity index (χ0v) is 19.2. The number of carbonyl (C=O) groups is 1. The fourth-order valence-electron chi connectivity index (χ4n) is 4.10. The van der Waals surface area contributed by atoms with E-state index < -0.39 is 0 Å². The second kappa shape index (κ2) is 9.94. The lowest BCUT2D eigenvalue weighted by Crippen LogP contribution is -2.40. The van der Waals surface area contributed by atoms with Crippen LogP contribution in [0, 0.1) is 12.8 Å². The van der Waals surface area contributed by atoms with Crippen LogP contribution in [0.15, 0.2) is 60.7 Å². The minimum atomic E-state index is 0.0565. The number of piperidine rings is 1. The van der Waals surface area contributed by atoms with Gasteiger partial charge in [-0.15, -0.1) is 10.2 Å². The standard InChI is InChI=1S/C27H32N4O/c1-19(2)22-10-6-21(7-11-22)18-28-27(32)24-14-16-31(17-15-24)26-13-12-25(29-30-26)23-8-4-20(3)5-9-23/h4-13,19,24H,14-18H2,1-3H3,(H,28,32). The molecule has 0 saturated carbocycles. The first kappa shape index (κ1) is 22.0. The summed E-state index contributed by atoms with van der Waals surface area (Å²) in [5.74, 6) is 1.61. The van der Waals surface area contributed by atoms with Gasteiger partial charge in [0, 0.05) is 31.1 Å². The van der Waals surface area contributed by atoms with Crippen LogP contribution < -0.4 is 10.2 Å². The maximum Gasteiger partial charge on any atom is 0.223 e. The van der Waals surface area contributed by atoms with Gasteiger partial charge in [0.25, 0.3) is 0 Å². The van der Waals surface area contributed by atoms with Crippen LogP contribution in [0.25, 0.3) is 11.3 Å². The van der Waals surface area contributed by atoms with Crippen molar-refractivity contribution < 1.29 is 4.79 Å². The van der Waals surface area contributed by atoms with Gasteiger partial charge in [-0.05, 0) is 48.9 Å². The summed E-state index contributed by atoms with van der Waals surface area (Å²) < 4.78 is 0. The topological polar surface area (TPSA) is 58.1 Å². The number of nitrogens with zero attached hydrogens (tertiary/aromatic N) is 3. The smallest absolute Gasteiger partial charge is 0.223 e. The highest BCUT2D eigenvalue weighted by Crippen LogP contribution is 2.24. The van der Waals surface area contributed by atoms with Crippen LogP contribution in [0.4, 0.5) is 5.82 Å². The lowest BCUT2D eigenvalue weighted by molar-refractivity contribution is -0.125. The highest BCUT2D eigenvalue weighted by molar-refractivity contribution is 5.79. The molecular weight excluding hydrogens is 396 g/mol. The zero-order valence-electron chi connectivity index (χ0n) is 19.2. The SMILES string of the molecule is Cc1ccc(-c2ccc(N3CCC(C(=O)NCc4ccc(C(C)C)cc4)CC3)nn2)cc1. The van der Waals surface area contributed by atoms with Gasteiger partial charge in [-0.2, -0.15) is 0 Å². The van der Waals surface area contributed by atoms with Crippen molar-refractivity contribution in [1.82, 2.24) is 15.5 Å². The third-order valence-electron chi connectivity index (χ3n) is 6.30. The minimum absolute atomic E-state index is 0.0565. The number of carbonyl (C=O) groups excluding carboxylic acids is 1. The number of amides is 1. The lowest BCUT2D eigenvalue weighted by atomic mass is 9.95. The van der Waals surface area contributed by atoms with E-state index in [1.165, 1.54) is 11.1 Å². The maximum absolute atomic E-state index is 12.7. The Bertz CT molecular complexity index is 1020. The Balaban J connectivity index is 1.27. The molecule has 1 N–H and O–H groups in total. The van der Waals surface area contributed by atoms with Gasteiger partial charge in [0.05, 0.1) is 5.69 Å². The van der Waals surface area contributed by atoms with E-state index in [9.17, 15) is 4.79 Å². The quantitative estimate of drug-likeness (QED) is 0.593. The molecule has 1 aliphatic rings. The van der Waals surface area contributed by atoms with E-state index in [0.717, 1.165) is 48.6 Å². The number of benzene rings is 2. The molecule has 0 radical (unpaired) electrons. The summed E-state index contributed by atoms with van der Waals surface area (Å²) in [4.78, 5) is 14.9. The van der Waals surface area contributed by atoms with Crippen LogP contribution in [0.3, 0.4) is 0 Å². The van der Waals surface area contributed by atoms with E-state index in [1.54, 1.807) is 0 Å². The van der Waals surface area contributed by atoms with E-state index in [1.807, 2.05) is 12.1 Å². The molecule has 5 heteroatoms. The number of hydrogen-bond acceptors (Lipinski definition) is 4. The normalized spacial score (nSPS) is 14.6. The van der Waals surface area contributed by atoms with Gasteiger partial charge < -0.3 is 10.2 Å². The van der Waals surface area contributed by atoms with Crippen LogP contribution >= 0.6 is 0 Å². The minimum Gasteiger partial charge on any atom is -0.355 e. The number of aromatic nitrogens is 2. The van der Waals surface area contributed by atoms with E-state index in [0.29, 0.717) is 12.5 Å². The summed E-state index contributed by atoms with van der Waals surface area (Å²) in [7, 11) is 0. The Labute approximate surface area is 190 Å². The third-order valence-corrected chi connectivity index (χ3v) is 6.30. The van der Waals surface area contributed by atoms with Crippen molar-refractivity contribution in [3.63, 3.8) is 0 Å². The maximum atomic E-state index is 12.7. The molecule has 1 amide bonds. The first-order valence-corrected chi connectivity index (χ1v) is 11.5. The molecule has 3 aromatic rings. The Hall–Kier alpha value is -3.21. The fraction of sp³-hybridized carbons (Fsp3) is 0.370. The van der Waals surface area contributed by atoms with Crippen LogP contribution in [0.2, 0.25) is 0 Å². The second-order valence-corrected chi connectivity index (χ2v) is 9.02.